The van der Waals surface area contributed by atoms with Crippen LogP contribution in [0.15, 0.2) is 36.5 Å². The number of hydrogen-bond donors (Lipinski definition) is 1. The zero-order valence-electron chi connectivity index (χ0n) is 16.5. The maximum Gasteiger partial charge on any atom is 0.341 e. The van der Waals surface area contributed by atoms with Gasteiger partial charge in [-0.3, -0.25) is 4.98 Å². The number of nitrogens with zero attached hydrogens (tertiary/aromatic N) is 1. The van der Waals surface area contributed by atoms with Crippen molar-refractivity contribution in [2.45, 2.75) is 13.8 Å². The SMILES string of the molecule is CCOC(=O)c1cnc2c(C)cc(Cl)cc2c1Nc1ccc(OC)c(OC)c1.Cl. The van der Waals surface area contributed by atoms with Crippen LogP contribution in [0.3, 0.4) is 0 Å². The molecular formula is C21H22Cl2N2O4. The van der Waals surface area contributed by atoms with Crippen LogP contribution in [0.5, 0.6) is 11.5 Å². The summed E-state index contributed by atoms with van der Waals surface area (Å²) in [7, 11) is 3.14. The first kappa shape index (κ1) is 22.6. The number of anilines is 2. The molecule has 0 aliphatic rings. The average Bonchev–Trinajstić information content (AvgIpc) is 2.68. The van der Waals surface area contributed by atoms with Gasteiger partial charge in [-0.25, -0.2) is 4.79 Å². The van der Waals surface area contributed by atoms with E-state index in [1.807, 2.05) is 19.1 Å². The van der Waals surface area contributed by atoms with E-state index in [1.165, 1.54) is 6.20 Å². The number of esters is 1. The van der Waals surface area contributed by atoms with Gasteiger partial charge in [0.15, 0.2) is 11.5 Å². The minimum atomic E-state index is -0.461. The Morgan fingerprint density at radius 2 is 1.86 bits per heavy atom. The molecule has 0 amide bonds. The van der Waals surface area contributed by atoms with Crippen LogP contribution in [0.1, 0.15) is 22.8 Å². The first-order valence-corrected chi connectivity index (χ1v) is 9.11. The summed E-state index contributed by atoms with van der Waals surface area (Å²) in [5, 5.41) is 4.59. The molecule has 1 aromatic heterocycles. The number of carbonyl (C=O) groups is 1. The van der Waals surface area contributed by atoms with Crippen molar-refractivity contribution in [2.24, 2.45) is 0 Å². The molecule has 1 heterocycles. The predicted molar refractivity (Wildman–Crippen MR) is 118 cm³/mol. The highest BCUT2D eigenvalue weighted by Crippen LogP contribution is 2.36. The van der Waals surface area contributed by atoms with Crippen molar-refractivity contribution in [3.8, 4) is 11.5 Å². The third-order valence-electron chi connectivity index (χ3n) is 4.27. The van der Waals surface area contributed by atoms with Crippen LogP contribution in [0.25, 0.3) is 10.9 Å². The molecule has 6 nitrogen and oxygen atoms in total. The van der Waals surface area contributed by atoms with Gasteiger partial charge in [0.25, 0.3) is 0 Å². The monoisotopic (exact) mass is 436 g/mol. The molecular weight excluding hydrogens is 415 g/mol. The molecule has 0 atom stereocenters. The number of aryl methyl sites for hydroxylation is 1. The predicted octanol–water partition coefficient (Wildman–Crippen LogP) is 5.56. The summed E-state index contributed by atoms with van der Waals surface area (Å²) in [6.45, 7) is 3.95. The van der Waals surface area contributed by atoms with E-state index in [1.54, 1.807) is 39.3 Å². The van der Waals surface area contributed by atoms with E-state index in [2.05, 4.69) is 10.3 Å². The molecule has 8 heteroatoms. The molecule has 3 aromatic rings. The summed E-state index contributed by atoms with van der Waals surface area (Å²) >= 11 is 6.27. The second-order valence-corrected chi connectivity index (χ2v) is 6.52. The van der Waals surface area contributed by atoms with Crippen molar-refractivity contribution in [3.05, 3.63) is 52.7 Å². The van der Waals surface area contributed by atoms with Gasteiger partial charge in [0.2, 0.25) is 0 Å². The zero-order valence-corrected chi connectivity index (χ0v) is 18.1. The molecule has 0 saturated carbocycles. The highest BCUT2D eigenvalue weighted by molar-refractivity contribution is 6.31. The number of fused-ring (bicyclic) bond motifs is 1. The number of methoxy groups -OCH3 is 2. The Labute approximate surface area is 180 Å². The number of rotatable bonds is 6. The second-order valence-electron chi connectivity index (χ2n) is 6.08. The van der Waals surface area contributed by atoms with Crippen LogP contribution in [0, 0.1) is 6.92 Å². The summed E-state index contributed by atoms with van der Waals surface area (Å²) in [6.07, 6.45) is 1.52. The van der Waals surface area contributed by atoms with Gasteiger partial charge in [-0.1, -0.05) is 11.6 Å². The Balaban J connectivity index is 0.00000300. The van der Waals surface area contributed by atoms with E-state index in [-0.39, 0.29) is 19.0 Å². The summed E-state index contributed by atoms with van der Waals surface area (Å²) < 4.78 is 15.8. The lowest BCUT2D eigenvalue weighted by atomic mass is 10.1. The lowest BCUT2D eigenvalue weighted by Crippen LogP contribution is -2.09. The van der Waals surface area contributed by atoms with Crippen molar-refractivity contribution in [3.63, 3.8) is 0 Å². The van der Waals surface area contributed by atoms with Gasteiger partial charge in [0.05, 0.1) is 32.0 Å². The van der Waals surface area contributed by atoms with Crippen LogP contribution in [-0.2, 0) is 4.74 Å². The first-order valence-electron chi connectivity index (χ1n) is 8.73. The number of benzene rings is 2. The molecule has 0 aliphatic heterocycles. The Kier molecular flexibility index (Phi) is 7.53. The Hall–Kier alpha value is -2.70. The Bertz CT molecular complexity index is 1040. The summed E-state index contributed by atoms with van der Waals surface area (Å²) in [4.78, 5) is 17.0. The van der Waals surface area contributed by atoms with Crippen molar-refractivity contribution >= 4 is 52.3 Å². The van der Waals surface area contributed by atoms with Crippen LogP contribution in [-0.4, -0.2) is 31.8 Å². The summed E-state index contributed by atoms with van der Waals surface area (Å²) in [5.41, 5.74) is 3.27. The van der Waals surface area contributed by atoms with Crippen molar-refractivity contribution in [1.29, 1.82) is 0 Å². The minimum Gasteiger partial charge on any atom is -0.493 e. The molecule has 1 N–H and O–H groups in total. The fourth-order valence-electron chi connectivity index (χ4n) is 2.99. The number of pyridine rings is 1. The van der Waals surface area contributed by atoms with Crippen LogP contribution < -0.4 is 14.8 Å². The number of ether oxygens (including phenoxy) is 3. The Morgan fingerprint density at radius 3 is 2.52 bits per heavy atom. The standard InChI is InChI=1S/C21H21ClN2O4.ClH/c1-5-28-21(25)16-11-23-19-12(2)8-13(22)9-15(19)20(16)24-14-6-7-17(26-3)18(10-14)27-4;/h6-11H,5H2,1-4H3,(H,23,24);1H. The maximum atomic E-state index is 12.5. The van der Waals surface area contributed by atoms with E-state index < -0.39 is 5.97 Å². The molecule has 0 bridgehead atoms. The van der Waals surface area contributed by atoms with Gasteiger partial charge in [-0.2, -0.15) is 0 Å². The summed E-state index contributed by atoms with van der Waals surface area (Å²) in [5.74, 6) is 0.715. The van der Waals surface area contributed by atoms with Crippen molar-refractivity contribution in [1.82, 2.24) is 4.98 Å². The molecule has 0 fully saturated rings. The zero-order chi connectivity index (χ0) is 20.3. The highest BCUT2D eigenvalue weighted by Gasteiger charge is 2.19. The van der Waals surface area contributed by atoms with Gasteiger partial charge < -0.3 is 19.5 Å². The third kappa shape index (κ3) is 4.66. The van der Waals surface area contributed by atoms with Gasteiger partial charge >= 0.3 is 5.97 Å². The molecule has 2 aromatic carbocycles. The first-order chi connectivity index (χ1) is 13.5. The number of hydrogen-bond acceptors (Lipinski definition) is 6. The smallest absolute Gasteiger partial charge is 0.341 e. The lowest BCUT2D eigenvalue weighted by Gasteiger charge is -2.16. The molecule has 0 saturated heterocycles. The van der Waals surface area contributed by atoms with Gasteiger partial charge in [-0.15, -0.1) is 12.4 Å². The average molecular weight is 437 g/mol. The molecule has 154 valence electrons. The molecule has 3 rings (SSSR count). The molecule has 0 aliphatic carbocycles. The van der Waals surface area contributed by atoms with Gasteiger partial charge in [0, 0.05) is 28.4 Å². The second kappa shape index (κ2) is 9.67. The van der Waals surface area contributed by atoms with Gasteiger partial charge in [-0.05, 0) is 43.7 Å². The molecule has 0 unspecified atom stereocenters. The fourth-order valence-corrected chi connectivity index (χ4v) is 3.27. The van der Waals surface area contributed by atoms with Crippen LogP contribution >= 0.6 is 24.0 Å². The maximum absolute atomic E-state index is 12.5. The largest absolute Gasteiger partial charge is 0.493 e. The minimum absolute atomic E-state index is 0. The van der Waals surface area contributed by atoms with E-state index in [0.29, 0.717) is 33.5 Å². The number of nitrogens with one attached hydrogen (secondary N) is 1. The van der Waals surface area contributed by atoms with E-state index in [9.17, 15) is 4.79 Å². The van der Waals surface area contributed by atoms with Crippen molar-refractivity contribution in [2.75, 3.05) is 26.1 Å². The van der Waals surface area contributed by atoms with Crippen molar-refractivity contribution < 1.29 is 19.0 Å². The summed E-state index contributed by atoms with van der Waals surface area (Å²) in [6, 6.07) is 9.02. The van der Waals surface area contributed by atoms with E-state index >= 15 is 0 Å². The lowest BCUT2D eigenvalue weighted by molar-refractivity contribution is 0.0527. The number of halogens is 2. The van der Waals surface area contributed by atoms with E-state index in [4.69, 9.17) is 25.8 Å². The highest BCUT2D eigenvalue weighted by atomic mass is 35.5. The number of aromatic nitrogens is 1. The van der Waals surface area contributed by atoms with Gasteiger partial charge in [0.1, 0.15) is 5.56 Å². The molecule has 0 spiro atoms. The molecule has 29 heavy (non-hydrogen) atoms. The Morgan fingerprint density at radius 1 is 1.14 bits per heavy atom. The topological polar surface area (TPSA) is 69.7 Å². The van der Waals surface area contributed by atoms with Crippen LogP contribution in [0.2, 0.25) is 5.02 Å². The normalized spacial score (nSPS) is 10.2. The van der Waals surface area contributed by atoms with Crippen LogP contribution in [0.4, 0.5) is 11.4 Å². The fraction of sp³-hybridized carbons (Fsp3) is 0.238. The quantitative estimate of drug-likeness (QED) is 0.510. The van der Waals surface area contributed by atoms with E-state index in [0.717, 1.165) is 16.5 Å². The third-order valence-corrected chi connectivity index (χ3v) is 4.49. The number of carbonyl (C=O) groups excluding carboxylic acids is 1. The molecule has 0 radical (unpaired) electrons.